The van der Waals surface area contributed by atoms with Gasteiger partial charge >= 0.3 is 0 Å². The molecular formula is C11H11O2P. The second-order valence-electron chi connectivity index (χ2n) is 3.05. The number of aliphatic hydroxyl groups excluding tert-OH is 2. The quantitative estimate of drug-likeness (QED) is 0.690. The number of allylic oxidation sites excluding steroid dienone is 2. The van der Waals surface area contributed by atoms with Crippen LogP contribution < -0.4 is 5.30 Å². The Labute approximate surface area is 84.0 Å². The van der Waals surface area contributed by atoms with E-state index in [0.717, 1.165) is 5.30 Å². The van der Waals surface area contributed by atoms with Crippen LogP contribution in [0.15, 0.2) is 54.1 Å². The van der Waals surface area contributed by atoms with Gasteiger partial charge in [-0.15, -0.1) is 0 Å². The lowest BCUT2D eigenvalue weighted by Gasteiger charge is -2.22. The number of aliphatic hydroxyl groups is 2. The Kier molecular flexibility index (Phi) is 2.67. The molecule has 2 rings (SSSR count). The van der Waals surface area contributed by atoms with Crippen molar-refractivity contribution in [2.24, 2.45) is 0 Å². The van der Waals surface area contributed by atoms with Crippen LogP contribution in [0.1, 0.15) is 0 Å². The summed E-state index contributed by atoms with van der Waals surface area (Å²) in [6.45, 7) is 0. The van der Waals surface area contributed by atoms with Crippen LogP contribution in [0.3, 0.4) is 0 Å². The number of benzene rings is 1. The lowest BCUT2D eigenvalue weighted by atomic mass is 10.4. The van der Waals surface area contributed by atoms with E-state index in [2.05, 4.69) is 0 Å². The number of hydrogen-bond donors (Lipinski definition) is 2. The zero-order valence-electron chi connectivity index (χ0n) is 7.54. The molecule has 0 saturated carbocycles. The molecule has 2 nitrogen and oxygen atoms in total. The molecule has 2 atom stereocenters. The molecule has 0 aromatic heterocycles. The van der Waals surface area contributed by atoms with E-state index in [4.69, 9.17) is 0 Å². The van der Waals surface area contributed by atoms with E-state index in [1.54, 1.807) is 6.08 Å². The first kappa shape index (κ1) is 9.45. The Balaban J connectivity index is 2.29. The fourth-order valence-corrected chi connectivity index (χ4v) is 3.15. The first-order valence-electron chi connectivity index (χ1n) is 4.38. The van der Waals surface area contributed by atoms with E-state index in [9.17, 15) is 10.2 Å². The molecule has 0 spiro atoms. The molecular weight excluding hydrogens is 195 g/mol. The Morgan fingerprint density at radius 1 is 1.14 bits per heavy atom. The summed E-state index contributed by atoms with van der Waals surface area (Å²) < 4.78 is 0. The zero-order chi connectivity index (χ0) is 9.97. The third kappa shape index (κ3) is 1.72. The summed E-state index contributed by atoms with van der Waals surface area (Å²) in [5.74, 6) is 1.26. The Bertz CT molecular complexity index is 370. The normalized spacial score (nSPS) is 25.9. The maximum atomic E-state index is 9.75. The Hall–Kier alpha value is -1.11. The van der Waals surface area contributed by atoms with Gasteiger partial charge in [0.05, 0.1) is 0 Å². The van der Waals surface area contributed by atoms with E-state index < -0.39 is 13.8 Å². The summed E-state index contributed by atoms with van der Waals surface area (Å²) in [6, 6.07) is 9.76. The van der Waals surface area contributed by atoms with Crippen molar-refractivity contribution in [2.75, 3.05) is 0 Å². The van der Waals surface area contributed by atoms with Crippen LogP contribution in [-0.2, 0) is 0 Å². The molecule has 0 fully saturated rings. The molecule has 1 aliphatic rings. The average molecular weight is 206 g/mol. The van der Waals surface area contributed by atoms with Crippen LogP contribution in [0.2, 0.25) is 0 Å². The highest BCUT2D eigenvalue weighted by atomic mass is 31.1. The summed E-state index contributed by atoms with van der Waals surface area (Å²) in [5, 5.41) is 20.2. The van der Waals surface area contributed by atoms with Gasteiger partial charge in [0.2, 0.25) is 0 Å². The molecule has 1 aromatic rings. The molecule has 0 amide bonds. The molecule has 0 bridgehead atoms. The third-order valence-corrected chi connectivity index (χ3v) is 4.28. The molecule has 2 unspecified atom stereocenters. The van der Waals surface area contributed by atoms with Gasteiger partial charge in [0.1, 0.15) is 11.6 Å². The summed E-state index contributed by atoms with van der Waals surface area (Å²) in [6.07, 6.45) is 3.33. The molecule has 1 heterocycles. The molecule has 72 valence electrons. The number of hydrogen-bond acceptors (Lipinski definition) is 2. The molecule has 0 saturated heterocycles. The molecule has 0 radical (unpaired) electrons. The smallest absolute Gasteiger partial charge is 0.137 e. The van der Waals surface area contributed by atoms with E-state index in [1.165, 1.54) is 6.08 Å². The maximum absolute atomic E-state index is 9.75. The molecule has 14 heavy (non-hydrogen) atoms. The monoisotopic (exact) mass is 206 g/mol. The standard InChI is InChI=1S/C11H11O2P/c12-10-7-4-8-14(11(10)13)9-5-2-1-3-6-9/h1-8,11-13H. The SMILES string of the molecule is OC1=CC=CP(c2ccccc2)C1O. The maximum Gasteiger partial charge on any atom is 0.137 e. The second-order valence-corrected chi connectivity index (χ2v) is 5.17. The lowest BCUT2D eigenvalue weighted by molar-refractivity contribution is 0.221. The summed E-state index contributed by atoms with van der Waals surface area (Å²) in [5.41, 5.74) is 0. The van der Waals surface area contributed by atoms with Crippen molar-refractivity contribution >= 4 is 13.2 Å². The molecule has 3 heteroatoms. The van der Waals surface area contributed by atoms with E-state index in [-0.39, 0.29) is 5.76 Å². The highest BCUT2D eigenvalue weighted by Crippen LogP contribution is 2.45. The van der Waals surface area contributed by atoms with Crippen molar-refractivity contribution in [3.8, 4) is 0 Å². The predicted molar refractivity (Wildman–Crippen MR) is 58.9 cm³/mol. The lowest BCUT2D eigenvalue weighted by Crippen LogP contribution is -2.15. The van der Waals surface area contributed by atoms with Crippen LogP contribution >= 0.6 is 7.92 Å². The third-order valence-electron chi connectivity index (χ3n) is 2.10. The highest BCUT2D eigenvalue weighted by Gasteiger charge is 2.23. The van der Waals surface area contributed by atoms with Crippen molar-refractivity contribution in [3.63, 3.8) is 0 Å². The van der Waals surface area contributed by atoms with Crippen molar-refractivity contribution in [2.45, 2.75) is 5.85 Å². The molecule has 0 aliphatic carbocycles. The highest BCUT2D eigenvalue weighted by molar-refractivity contribution is 7.69. The fraction of sp³-hybridized carbons (Fsp3) is 0.0909. The first-order valence-corrected chi connectivity index (χ1v) is 5.86. The van der Waals surface area contributed by atoms with Crippen molar-refractivity contribution in [3.05, 3.63) is 54.1 Å². The van der Waals surface area contributed by atoms with Crippen molar-refractivity contribution in [1.82, 2.24) is 0 Å². The summed E-state index contributed by atoms with van der Waals surface area (Å²) >= 11 is 0. The summed E-state index contributed by atoms with van der Waals surface area (Å²) in [4.78, 5) is 0. The minimum Gasteiger partial charge on any atom is -0.509 e. The number of rotatable bonds is 1. The van der Waals surface area contributed by atoms with Crippen LogP contribution in [0, 0.1) is 0 Å². The molecule has 1 aromatic carbocycles. The van der Waals surface area contributed by atoms with E-state index in [1.807, 2.05) is 36.1 Å². The van der Waals surface area contributed by atoms with Crippen LogP contribution in [0.4, 0.5) is 0 Å². The van der Waals surface area contributed by atoms with Crippen molar-refractivity contribution in [1.29, 1.82) is 0 Å². The van der Waals surface area contributed by atoms with Gasteiger partial charge in [0, 0.05) is 0 Å². The minimum absolute atomic E-state index is 0.0578. The van der Waals surface area contributed by atoms with Gasteiger partial charge < -0.3 is 10.2 Å². The largest absolute Gasteiger partial charge is 0.509 e. The van der Waals surface area contributed by atoms with Crippen molar-refractivity contribution < 1.29 is 10.2 Å². The topological polar surface area (TPSA) is 40.5 Å². The van der Waals surface area contributed by atoms with Crippen LogP contribution in [-0.4, -0.2) is 16.1 Å². The zero-order valence-corrected chi connectivity index (χ0v) is 8.43. The van der Waals surface area contributed by atoms with Crippen LogP contribution in [0.25, 0.3) is 0 Å². The average Bonchev–Trinajstić information content (AvgIpc) is 2.23. The minimum atomic E-state index is -0.811. The van der Waals surface area contributed by atoms with E-state index in [0.29, 0.717) is 0 Å². The van der Waals surface area contributed by atoms with E-state index >= 15 is 0 Å². The predicted octanol–water partition coefficient (Wildman–Crippen LogP) is 2.08. The van der Waals surface area contributed by atoms with Gasteiger partial charge in [-0.2, -0.15) is 0 Å². The molecule has 2 N–H and O–H groups in total. The van der Waals surface area contributed by atoms with Gasteiger partial charge in [-0.05, 0) is 19.3 Å². The van der Waals surface area contributed by atoms with Gasteiger partial charge in [-0.3, -0.25) is 0 Å². The summed E-state index contributed by atoms with van der Waals surface area (Å²) in [7, 11) is -0.811. The van der Waals surface area contributed by atoms with Gasteiger partial charge in [0.15, 0.2) is 0 Å². The second kappa shape index (κ2) is 3.95. The van der Waals surface area contributed by atoms with Crippen LogP contribution in [0.5, 0.6) is 0 Å². The molecule has 1 aliphatic heterocycles. The van der Waals surface area contributed by atoms with Gasteiger partial charge in [0.25, 0.3) is 0 Å². The Morgan fingerprint density at radius 2 is 1.86 bits per heavy atom. The van der Waals surface area contributed by atoms with Gasteiger partial charge in [-0.25, -0.2) is 0 Å². The van der Waals surface area contributed by atoms with Gasteiger partial charge in [-0.1, -0.05) is 42.2 Å². The first-order chi connectivity index (χ1) is 6.79. The Morgan fingerprint density at radius 3 is 2.57 bits per heavy atom. The fourth-order valence-electron chi connectivity index (χ4n) is 1.37.